The summed E-state index contributed by atoms with van der Waals surface area (Å²) in [6, 6.07) is 13.3. The number of benzene rings is 2. The van der Waals surface area contributed by atoms with Crippen molar-refractivity contribution in [3.63, 3.8) is 0 Å². The number of carbonyl (C=O) groups is 2. The van der Waals surface area contributed by atoms with E-state index >= 15 is 0 Å². The van der Waals surface area contributed by atoms with Gasteiger partial charge in [-0.15, -0.1) is 11.3 Å². The molecule has 0 bridgehead atoms. The van der Waals surface area contributed by atoms with Crippen LogP contribution in [0.5, 0.6) is 0 Å². The number of imidazole rings is 1. The number of hydrogen-bond acceptors (Lipinski definition) is 4. The van der Waals surface area contributed by atoms with Gasteiger partial charge in [0.1, 0.15) is 11.5 Å². The molecule has 2 heterocycles. The molecule has 0 aliphatic rings. The summed E-state index contributed by atoms with van der Waals surface area (Å²) >= 11 is 1.40. The summed E-state index contributed by atoms with van der Waals surface area (Å²) in [5.74, 6) is -0.694. The van der Waals surface area contributed by atoms with Crippen molar-refractivity contribution in [3.05, 3.63) is 77.2 Å². The van der Waals surface area contributed by atoms with Crippen molar-refractivity contribution in [1.82, 2.24) is 14.3 Å². The van der Waals surface area contributed by atoms with Crippen LogP contribution in [0.1, 0.15) is 16.1 Å². The third-order valence-electron chi connectivity index (χ3n) is 4.53. The van der Waals surface area contributed by atoms with Crippen LogP contribution >= 0.6 is 11.3 Å². The zero-order valence-corrected chi connectivity index (χ0v) is 17.2. The maximum absolute atomic E-state index is 13.3. The van der Waals surface area contributed by atoms with Crippen molar-refractivity contribution in [3.8, 4) is 11.3 Å². The minimum atomic E-state index is -0.367. The van der Waals surface area contributed by atoms with E-state index in [0.29, 0.717) is 22.6 Å². The van der Waals surface area contributed by atoms with Crippen molar-refractivity contribution in [2.24, 2.45) is 0 Å². The Morgan fingerprint density at radius 2 is 1.97 bits per heavy atom. The van der Waals surface area contributed by atoms with Gasteiger partial charge in [0.15, 0.2) is 4.96 Å². The lowest BCUT2D eigenvalue weighted by molar-refractivity contribution is -0.115. The zero-order chi connectivity index (χ0) is 21.3. The first-order chi connectivity index (χ1) is 14.4. The lowest BCUT2D eigenvalue weighted by atomic mass is 10.1. The van der Waals surface area contributed by atoms with Crippen LogP contribution in [0.3, 0.4) is 0 Å². The van der Waals surface area contributed by atoms with E-state index in [-0.39, 0.29) is 24.1 Å². The number of aromatic nitrogens is 2. The molecule has 0 saturated carbocycles. The Hall–Kier alpha value is -3.52. The van der Waals surface area contributed by atoms with Crippen molar-refractivity contribution >= 4 is 33.8 Å². The Bertz CT molecular complexity index is 1240. The topological polar surface area (TPSA) is 66.7 Å². The number of nitrogens with one attached hydrogen (secondary N) is 1. The summed E-state index contributed by atoms with van der Waals surface area (Å²) in [5.41, 5.74) is 3.30. The highest BCUT2D eigenvalue weighted by molar-refractivity contribution is 7.15. The van der Waals surface area contributed by atoms with Gasteiger partial charge in [0, 0.05) is 36.9 Å². The van der Waals surface area contributed by atoms with Crippen molar-refractivity contribution in [2.75, 3.05) is 19.4 Å². The number of amides is 2. The van der Waals surface area contributed by atoms with Crippen LogP contribution < -0.4 is 5.32 Å². The highest BCUT2D eigenvalue weighted by Gasteiger charge is 2.16. The smallest absolute Gasteiger partial charge is 0.271 e. The largest absolute Gasteiger partial charge is 0.343 e. The maximum atomic E-state index is 13.3. The number of hydrogen-bond donors (Lipinski definition) is 1. The Balaban J connectivity index is 1.54. The molecule has 0 spiro atoms. The van der Waals surface area contributed by atoms with Gasteiger partial charge in [-0.25, -0.2) is 9.37 Å². The van der Waals surface area contributed by atoms with Crippen molar-refractivity contribution in [1.29, 1.82) is 0 Å². The molecule has 0 saturated heterocycles. The first-order valence-electron chi connectivity index (χ1n) is 9.23. The van der Waals surface area contributed by atoms with Crippen LogP contribution in [0.4, 0.5) is 10.1 Å². The second kappa shape index (κ2) is 8.08. The van der Waals surface area contributed by atoms with E-state index in [9.17, 15) is 14.0 Å². The molecule has 0 radical (unpaired) electrons. The lowest BCUT2D eigenvalue weighted by Crippen LogP contribution is -2.22. The number of anilines is 1. The molecule has 0 unspecified atom stereocenters. The van der Waals surface area contributed by atoms with E-state index in [1.165, 1.54) is 28.4 Å². The molecule has 2 aromatic heterocycles. The van der Waals surface area contributed by atoms with Gasteiger partial charge >= 0.3 is 0 Å². The van der Waals surface area contributed by atoms with Gasteiger partial charge in [-0.3, -0.25) is 14.0 Å². The van der Waals surface area contributed by atoms with E-state index in [1.54, 1.807) is 42.1 Å². The molecule has 0 aliphatic heterocycles. The number of thiazole rings is 1. The van der Waals surface area contributed by atoms with Crippen LogP contribution in [0.2, 0.25) is 0 Å². The molecule has 4 aromatic rings. The summed E-state index contributed by atoms with van der Waals surface area (Å²) in [5, 5.41) is 4.63. The summed E-state index contributed by atoms with van der Waals surface area (Å²) in [6.45, 7) is 0. The van der Waals surface area contributed by atoms with Crippen molar-refractivity contribution < 1.29 is 14.0 Å². The highest BCUT2D eigenvalue weighted by atomic mass is 32.1. The number of halogens is 1. The number of rotatable bonds is 5. The molecule has 0 fully saturated rings. The van der Waals surface area contributed by atoms with Crippen LogP contribution in [-0.4, -0.2) is 40.2 Å². The summed E-state index contributed by atoms with van der Waals surface area (Å²) in [7, 11) is 3.42. The highest BCUT2D eigenvalue weighted by Crippen LogP contribution is 2.26. The molecule has 1 N–H and O–H groups in total. The van der Waals surface area contributed by atoms with E-state index in [1.807, 2.05) is 24.4 Å². The Labute approximate surface area is 176 Å². The predicted octanol–water partition coefficient (Wildman–Crippen LogP) is 4.08. The molecule has 2 aromatic carbocycles. The first-order valence-corrected chi connectivity index (χ1v) is 10.1. The average Bonchev–Trinajstić information content (AvgIpc) is 3.28. The molecule has 8 heteroatoms. The van der Waals surface area contributed by atoms with Crippen LogP contribution in [-0.2, 0) is 11.2 Å². The second-order valence-electron chi connectivity index (χ2n) is 7.03. The molecule has 0 aliphatic carbocycles. The SMILES string of the molecule is CN(C)C(=O)c1csc2nc(-c3cccc(NC(=O)Cc4cccc(F)c4)c3)cn12. The number of fused-ring (bicyclic) bond motifs is 1. The van der Waals surface area contributed by atoms with Gasteiger partial charge in [0.05, 0.1) is 12.1 Å². The van der Waals surface area contributed by atoms with Crippen molar-refractivity contribution in [2.45, 2.75) is 6.42 Å². The fraction of sp³-hybridized carbons (Fsp3) is 0.136. The van der Waals surface area contributed by atoms with E-state index < -0.39 is 0 Å². The van der Waals surface area contributed by atoms with Crippen LogP contribution in [0.15, 0.2) is 60.1 Å². The Kier molecular flexibility index (Phi) is 5.33. The normalized spacial score (nSPS) is 10.9. The zero-order valence-electron chi connectivity index (χ0n) is 16.4. The van der Waals surface area contributed by atoms with Gasteiger partial charge in [0.2, 0.25) is 5.91 Å². The monoisotopic (exact) mass is 422 g/mol. The van der Waals surface area contributed by atoms with E-state index in [4.69, 9.17) is 0 Å². The fourth-order valence-electron chi connectivity index (χ4n) is 3.10. The number of nitrogens with zero attached hydrogens (tertiary/aromatic N) is 3. The second-order valence-corrected chi connectivity index (χ2v) is 7.87. The van der Waals surface area contributed by atoms with Gasteiger partial charge in [-0.1, -0.05) is 24.3 Å². The van der Waals surface area contributed by atoms with Gasteiger partial charge < -0.3 is 10.2 Å². The fourth-order valence-corrected chi connectivity index (χ4v) is 3.95. The molecule has 2 amide bonds. The maximum Gasteiger partial charge on any atom is 0.271 e. The third kappa shape index (κ3) is 4.08. The molecule has 4 rings (SSSR count). The predicted molar refractivity (Wildman–Crippen MR) is 115 cm³/mol. The lowest BCUT2D eigenvalue weighted by Gasteiger charge is -2.08. The number of carbonyl (C=O) groups excluding carboxylic acids is 2. The molecular weight excluding hydrogens is 403 g/mol. The Morgan fingerprint density at radius 3 is 2.73 bits per heavy atom. The van der Waals surface area contributed by atoms with Crippen LogP contribution in [0.25, 0.3) is 16.2 Å². The van der Waals surface area contributed by atoms with Gasteiger partial charge in [0.25, 0.3) is 5.91 Å². The standard InChI is InChI=1S/C22H19FN4O2S/c1-26(2)21(29)19-13-30-22-25-18(12-27(19)22)15-6-4-8-17(11-15)24-20(28)10-14-5-3-7-16(23)9-14/h3-9,11-13H,10H2,1-2H3,(H,24,28). The van der Waals surface area contributed by atoms with Gasteiger partial charge in [-0.05, 0) is 29.8 Å². The molecule has 6 nitrogen and oxygen atoms in total. The minimum Gasteiger partial charge on any atom is -0.343 e. The summed E-state index contributed by atoms with van der Waals surface area (Å²) in [6.07, 6.45) is 1.90. The first kappa shape index (κ1) is 19.8. The molecule has 152 valence electrons. The average molecular weight is 422 g/mol. The quantitative estimate of drug-likeness (QED) is 0.527. The van der Waals surface area contributed by atoms with E-state index in [2.05, 4.69) is 10.3 Å². The molecule has 30 heavy (non-hydrogen) atoms. The molecular formula is C22H19FN4O2S. The minimum absolute atomic E-state index is 0.0816. The van der Waals surface area contributed by atoms with Crippen LogP contribution in [0, 0.1) is 5.82 Å². The third-order valence-corrected chi connectivity index (χ3v) is 5.37. The molecule has 0 atom stereocenters. The van der Waals surface area contributed by atoms with Gasteiger partial charge in [-0.2, -0.15) is 0 Å². The Morgan fingerprint density at radius 1 is 1.17 bits per heavy atom. The summed E-state index contributed by atoms with van der Waals surface area (Å²) in [4.78, 5) is 31.5. The summed E-state index contributed by atoms with van der Waals surface area (Å²) < 4.78 is 15.1. The van der Waals surface area contributed by atoms with E-state index in [0.717, 1.165) is 10.5 Å².